The number of hydrogen-bond acceptors (Lipinski definition) is 2. The molecule has 0 saturated heterocycles. The van der Waals surface area contributed by atoms with Crippen molar-refractivity contribution in [1.82, 2.24) is 0 Å². The Bertz CT molecular complexity index is 614. The molecule has 0 aliphatic carbocycles. The van der Waals surface area contributed by atoms with Gasteiger partial charge in [-0.3, -0.25) is 5.41 Å². The number of ether oxygens (including phenoxy) is 1. The van der Waals surface area contributed by atoms with Crippen LogP contribution in [0.5, 0.6) is 5.75 Å². The highest BCUT2D eigenvalue weighted by molar-refractivity contribution is 6.42. The Morgan fingerprint density at radius 1 is 1.11 bits per heavy atom. The second-order valence-electron chi connectivity index (χ2n) is 3.98. The van der Waals surface area contributed by atoms with Crippen molar-refractivity contribution in [1.29, 1.82) is 5.41 Å². The van der Waals surface area contributed by atoms with Crippen LogP contribution in [0.2, 0.25) is 10.0 Å². The molecule has 3 N–H and O–H groups in total. The predicted molar refractivity (Wildman–Crippen MR) is 78.3 cm³/mol. The molecule has 0 unspecified atom stereocenters. The van der Waals surface area contributed by atoms with Gasteiger partial charge in [0, 0.05) is 5.56 Å². The van der Waals surface area contributed by atoms with Crippen LogP contribution in [0.4, 0.5) is 0 Å². The topological polar surface area (TPSA) is 59.1 Å². The molecular weight excluding hydrogens is 283 g/mol. The third-order valence-electron chi connectivity index (χ3n) is 2.53. The normalized spacial score (nSPS) is 10.2. The zero-order chi connectivity index (χ0) is 13.8. The molecule has 19 heavy (non-hydrogen) atoms. The van der Waals surface area contributed by atoms with Gasteiger partial charge in [-0.05, 0) is 29.8 Å². The Morgan fingerprint density at radius 3 is 2.58 bits per heavy atom. The number of halogens is 2. The SMILES string of the molecule is N=C(N)c1cccc(OCc2ccc(Cl)c(Cl)c2)c1. The molecule has 0 bridgehead atoms. The summed E-state index contributed by atoms with van der Waals surface area (Å²) < 4.78 is 5.62. The highest BCUT2D eigenvalue weighted by Crippen LogP contribution is 2.23. The van der Waals surface area contributed by atoms with E-state index in [4.69, 9.17) is 39.1 Å². The quantitative estimate of drug-likeness (QED) is 0.664. The Labute approximate surface area is 121 Å². The number of nitrogens with two attached hydrogens (primary N) is 1. The molecule has 0 fully saturated rings. The van der Waals surface area contributed by atoms with Gasteiger partial charge in [-0.1, -0.05) is 41.4 Å². The first-order valence-electron chi connectivity index (χ1n) is 5.57. The number of amidine groups is 1. The number of nitrogen functional groups attached to an aromatic ring is 1. The summed E-state index contributed by atoms with van der Waals surface area (Å²) in [6, 6.07) is 12.4. The Hall–Kier alpha value is -1.71. The van der Waals surface area contributed by atoms with Crippen LogP contribution >= 0.6 is 23.2 Å². The Kier molecular flexibility index (Phi) is 4.30. The maximum absolute atomic E-state index is 7.37. The largest absolute Gasteiger partial charge is 0.489 e. The van der Waals surface area contributed by atoms with Crippen molar-refractivity contribution < 1.29 is 4.74 Å². The fourth-order valence-corrected chi connectivity index (χ4v) is 1.87. The third-order valence-corrected chi connectivity index (χ3v) is 3.27. The standard InChI is InChI=1S/C14H12Cl2N2O/c15-12-5-4-9(6-13(12)16)8-19-11-3-1-2-10(7-11)14(17)18/h1-7H,8H2,(H3,17,18). The highest BCUT2D eigenvalue weighted by Gasteiger charge is 2.02. The number of hydrogen-bond donors (Lipinski definition) is 2. The van der Waals surface area contributed by atoms with Gasteiger partial charge in [-0.15, -0.1) is 0 Å². The minimum Gasteiger partial charge on any atom is -0.489 e. The van der Waals surface area contributed by atoms with Gasteiger partial charge in [0.2, 0.25) is 0 Å². The van der Waals surface area contributed by atoms with Gasteiger partial charge in [0.15, 0.2) is 0 Å². The maximum Gasteiger partial charge on any atom is 0.122 e. The first-order chi connectivity index (χ1) is 9.06. The molecule has 0 saturated carbocycles. The molecule has 0 atom stereocenters. The molecule has 0 spiro atoms. The lowest BCUT2D eigenvalue weighted by atomic mass is 10.2. The van der Waals surface area contributed by atoms with Gasteiger partial charge in [0.1, 0.15) is 18.2 Å². The smallest absolute Gasteiger partial charge is 0.122 e. The van der Waals surface area contributed by atoms with Gasteiger partial charge in [-0.2, -0.15) is 0 Å². The van der Waals surface area contributed by atoms with E-state index in [1.165, 1.54) is 0 Å². The van der Waals surface area contributed by atoms with Gasteiger partial charge >= 0.3 is 0 Å². The zero-order valence-corrected chi connectivity index (χ0v) is 11.5. The summed E-state index contributed by atoms with van der Waals surface area (Å²) in [4.78, 5) is 0. The van der Waals surface area contributed by atoms with Crippen LogP contribution in [0.1, 0.15) is 11.1 Å². The lowest BCUT2D eigenvalue weighted by Gasteiger charge is -2.08. The van der Waals surface area contributed by atoms with Gasteiger partial charge in [0.05, 0.1) is 10.0 Å². The van der Waals surface area contributed by atoms with Crippen molar-refractivity contribution in [3.8, 4) is 5.75 Å². The molecule has 0 heterocycles. The molecule has 3 nitrogen and oxygen atoms in total. The number of benzene rings is 2. The van der Waals surface area contributed by atoms with E-state index in [0.717, 1.165) is 5.56 Å². The van der Waals surface area contributed by atoms with E-state index in [-0.39, 0.29) is 5.84 Å². The van der Waals surface area contributed by atoms with E-state index in [9.17, 15) is 0 Å². The van der Waals surface area contributed by atoms with E-state index in [1.807, 2.05) is 12.1 Å². The summed E-state index contributed by atoms with van der Waals surface area (Å²) in [5.41, 5.74) is 6.97. The van der Waals surface area contributed by atoms with E-state index in [0.29, 0.717) is 28.0 Å². The molecule has 0 aromatic heterocycles. The number of nitrogens with one attached hydrogen (secondary N) is 1. The second kappa shape index (κ2) is 5.95. The van der Waals surface area contributed by atoms with Crippen molar-refractivity contribution in [3.05, 3.63) is 63.6 Å². The summed E-state index contributed by atoms with van der Waals surface area (Å²) in [6.07, 6.45) is 0. The molecule has 0 aliphatic heterocycles. The Morgan fingerprint density at radius 2 is 1.89 bits per heavy atom. The van der Waals surface area contributed by atoms with Crippen LogP contribution in [-0.4, -0.2) is 5.84 Å². The summed E-state index contributed by atoms with van der Waals surface area (Å²) in [5, 5.41) is 8.39. The third kappa shape index (κ3) is 3.63. The zero-order valence-electron chi connectivity index (χ0n) is 9.99. The molecule has 5 heteroatoms. The van der Waals surface area contributed by atoms with E-state index in [1.54, 1.807) is 30.3 Å². The van der Waals surface area contributed by atoms with Gasteiger partial charge in [0.25, 0.3) is 0 Å². The first-order valence-corrected chi connectivity index (χ1v) is 6.33. The van der Waals surface area contributed by atoms with E-state index < -0.39 is 0 Å². The van der Waals surface area contributed by atoms with E-state index >= 15 is 0 Å². The van der Waals surface area contributed by atoms with Crippen LogP contribution in [0, 0.1) is 5.41 Å². The molecular formula is C14H12Cl2N2O. The minimum atomic E-state index is 0.0139. The Balaban J connectivity index is 2.07. The van der Waals surface area contributed by atoms with E-state index in [2.05, 4.69) is 0 Å². The molecule has 2 aromatic rings. The van der Waals surface area contributed by atoms with Crippen LogP contribution in [0.3, 0.4) is 0 Å². The molecule has 0 radical (unpaired) electrons. The van der Waals surface area contributed by atoms with Crippen molar-refractivity contribution in [2.24, 2.45) is 5.73 Å². The monoisotopic (exact) mass is 294 g/mol. The van der Waals surface area contributed by atoms with Crippen molar-refractivity contribution in [3.63, 3.8) is 0 Å². The summed E-state index contributed by atoms with van der Waals surface area (Å²) in [7, 11) is 0. The van der Waals surface area contributed by atoms with Gasteiger partial charge in [-0.25, -0.2) is 0 Å². The van der Waals surface area contributed by atoms with Crippen LogP contribution < -0.4 is 10.5 Å². The van der Waals surface area contributed by atoms with Crippen molar-refractivity contribution in [2.75, 3.05) is 0 Å². The lowest BCUT2D eigenvalue weighted by Crippen LogP contribution is -2.10. The van der Waals surface area contributed by atoms with Crippen LogP contribution in [0.15, 0.2) is 42.5 Å². The van der Waals surface area contributed by atoms with Crippen LogP contribution in [0.25, 0.3) is 0 Å². The summed E-state index contributed by atoms with van der Waals surface area (Å²) >= 11 is 11.8. The fourth-order valence-electron chi connectivity index (χ4n) is 1.55. The molecule has 2 rings (SSSR count). The second-order valence-corrected chi connectivity index (χ2v) is 4.79. The molecule has 0 aliphatic rings. The average Bonchev–Trinajstić information content (AvgIpc) is 2.40. The van der Waals surface area contributed by atoms with Crippen LogP contribution in [-0.2, 0) is 6.61 Å². The maximum atomic E-state index is 7.37. The molecule has 0 amide bonds. The fraction of sp³-hybridized carbons (Fsp3) is 0.0714. The number of rotatable bonds is 4. The average molecular weight is 295 g/mol. The van der Waals surface area contributed by atoms with Gasteiger partial charge < -0.3 is 10.5 Å². The summed E-state index contributed by atoms with van der Waals surface area (Å²) in [6.45, 7) is 0.373. The van der Waals surface area contributed by atoms with Crippen molar-refractivity contribution >= 4 is 29.0 Å². The first kappa shape index (κ1) is 13.7. The highest BCUT2D eigenvalue weighted by atomic mass is 35.5. The predicted octanol–water partition coefficient (Wildman–Crippen LogP) is 3.86. The lowest BCUT2D eigenvalue weighted by molar-refractivity contribution is 0.306. The molecule has 2 aromatic carbocycles. The summed E-state index contributed by atoms with van der Waals surface area (Å²) in [5.74, 6) is 0.666. The van der Waals surface area contributed by atoms with Crippen molar-refractivity contribution in [2.45, 2.75) is 6.61 Å². The molecule has 98 valence electrons. The minimum absolute atomic E-state index is 0.0139.